The maximum Gasteiger partial charge on any atom is 0.407 e. The first-order chi connectivity index (χ1) is 19.0. The average molecular weight is 576 g/mol. The van der Waals surface area contributed by atoms with E-state index in [9.17, 15) is 24.3 Å². The number of hydrogen-bond donors (Lipinski definition) is 3. The Morgan fingerprint density at radius 3 is 2.30 bits per heavy atom. The molecule has 3 heterocycles. The van der Waals surface area contributed by atoms with Gasteiger partial charge in [0.1, 0.15) is 6.04 Å². The summed E-state index contributed by atoms with van der Waals surface area (Å²) in [6.45, 7) is 7.63. The molecule has 2 aliphatic heterocycles. The smallest absolute Gasteiger partial charge is 0.407 e. The number of nitrogens with zero attached hydrogens (tertiary/aromatic N) is 3. The molecule has 40 heavy (non-hydrogen) atoms. The van der Waals surface area contributed by atoms with E-state index in [-0.39, 0.29) is 49.3 Å². The SMILES string of the molecule is CC(C)(C)C(=O)N1CCC([C@@H](NC2CCCCC2)C(=O)N2CCN(C(=O)O)C[C@H]2C(=O)NCc2cccs2)CC1. The number of piperazine rings is 1. The van der Waals surface area contributed by atoms with Crippen LogP contribution >= 0.6 is 11.3 Å². The van der Waals surface area contributed by atoms with E-state index in [0.29, 0.717) is 32.5 Å². The van der Waals surface area contributed by atoms with Crippen molar-refractivity contribution in [2.45, 2.75) is 90.4 Å². The van der Waals surface area contributed by atoms with E-state index in [4.69, 9.17) is 0 Å². The van der Waals surface area contributed by atoms with Crippen LogP contribution in [0.2, 0.25) is 0 Å². The molecule has 1 aromatic rings. The van der Waals surface area contributed by atoms with Gasteiger partial charge in [0.25, 0.3) is 0 Å². The van der Waals surface area contributed by atoms with Crippen molar-refractivity contribution in [3.8, 4) is 0 Å². The Kier molecular flexibility index (Phi) is 10.1. The van der Waals surface area contributed by atoms with Crippen molar-refractivity contribution >= 4 is 35.2 Å². The third-order valence-electron chi connectivity index (χ3n) is 8.48. The zero-order chi connectivity index (χ0) is 28.9. The highest BCUT2D eigenvalue weighted by Crippen LogP contribution is 2.29. The number of likely N-dealkylation sites (tertiary alicyclic amines) is 1. The number of carboxylic acid groups (broad SMARTS) is 1. The lowest BCUT2D eigenvalue weighted by Gasteiger charge is -2.44. The molecule has 3 N–H and O–H groups in total. The molecule has 0 radical (unpaired) electrons. The van der Waals surface area contributed by atoms with E-state index in [1.54, 1.807) is 4.90 Å². The lowest BCUT2D eigenvalue weighted by atomic mass is 9.85. The van der Waals surface area contributed by atoms with Crippen molar-refractivity contribution in [3.05, 3.63) is 22.4 Å². The van der Waals surface area contributed by atoms with Gasteiger partial charge < -0.3 is 30.4 Å². The van der Waals surface area contributed by atoms with Gasteiger partial charge in [-0.3, -0.25) is 14.4 Å². The van der Waals surface area contributed by atoms with Crippen molar-refractivity contribution in [1.82, 2.24) is 25.3 Å². The summed E-state index contributed by atoms with van der Waals surface area (Å²) in [5, 5.41) is 18.2. The normalized spacial score (nSPS) is 22.2. The summed E-state index contributed by atoms with van der Waals surface area (Å²) in [6.07, 6.45) is 5.82. The molecule has 2 saturated heterocycles. The molecule has 0 unspecified atom stereocenters. The monoisotopic (exact) mass is 575 g/mol. The minimum Gasteiger partial charge on any atom is -0.465 e. The van der Waals surface area contributed by atoms with E-state index in [1.165, 1.54) is 22.7 Å². The Hall–Kier alpha value is -2.66. The highest BCUT2D eigenvalue weighted by atomic mass is 32.1. The first-order valence-corrected chi connectivity index (χ1v) is 15.6. The molecule has 1 aliphatic carbocycles. The van der Waals surface area contributed by atoms with E-state index in [1.807, 2.05) is 43.2 Å². The summed E-state index contributed by atoms with van der Waals surface area (Å²) in [6, 6.07) is 2.72. The molecule has 3 aliphatic rings. The van der Waals surface area contributed by atoms with Crippen LogP contribution in [0.4, 0.5) is 4.79 Å². The predicted octanol–water partition coefficient (Wildman–Crippen LogP) is 3.13. The molecular formula is C29H45N5O5S. The summed E-state index contributed by atoms with van der Waals surface area (Å²) in [5.74, 6) is -0.311. The molecule has 1 saturated carbocycles. The molecular weight excluding hydrogens is 530 g/mol. The average Bonchev–Trinajstić information content (AvgIpc) is 3.47. The molecule has 4 amide bonds. The molecule has 4 rings (SSSR count). The van der Waals surface area contributed by atoms with Crippen LogP contribution in [0.3, 0.4) is 0 Å². The number of hydrogen-bond acceptors (Lipinski definition) is 6. The van der Waals surface area contributed by atoms with Crippen LogP contribution in [0.5, 0.6) is 0 Å². The molecule has 0 aromatic carbocycles. The molecule has 1 aromatic heterocycles. The van der Waals surface area contributed by atoms with Crippen molar-refractivity contribution in [1.29, 1.82) is 0 Å². The minimum atomic E-state index is -1.09. The van der Waals surface area contributed by atoms with E-state index >= 15 is 0 Å². The van der Waals surface area contributed by atoms with Crippen LogP contribution in [-0.4, -0.2) is 94.5 Å². The second-order valence-corrected chi connectivity index (χ2v) is 13.5. The first kappa shape index (κ1) is 30.3. The van der Waals surface area contributed by atoms with Crippen LogP contribution in [-0.2, 0) is 20.9 Å². The standard InChI is InChI=1S/C29H45N5O5S/c1-29(2,3)27(37)32-13-11-20(12-14-32)24(31-21-8-5-4-6-9-21)26(36)34-16-15-33(28(38)39)19-23(34)25(35)30-18-22-10-7-17-40-22/h7,10,17,20-21,23-24,31H,4-6,8-9,11-16,18-19H2,1-3H3,(H,30,35)(H,38,39)/t23-,24+/m0/s1. The predicted molar refractivity (Wildman–Crippen MR) is 154 cm³/mol. The number of carbonyl (C=O) groups is 4. The van der Waals surface area contributed by atoms with Gasteiger partial charge in [0.15, 0.2) is 0 Å². The van der Waals surface area contributed by atoms with E-state index in [2.05, 4.69) is 10.6 Å². The summed E-state index contributed by atoms with van der Waals surface area (Å²) in [7, 11) is 0. The number of rotatable bonds is 7. The fourth-order valence-corrected chi connectivity index (χ4v) is 6.82. The number of nitrogens with one attached hydrogen (secondary N) is 2. The second kappa shape index (κ2) is 13.3. The fraction of sp³-hybridized carbons (Fsp3) is 0.724. The Labute approximate surface area is 241 Å². The van der Waals surface area contributed by atoms with E-state index < -0.39 is 23.6 Å². The maximum absolute atomic E-state index is 14.3. The van der Waals surface area contributed by atoms with E-state index in [0.717, 1.165) is 30.6 Å². The lowest BCUT2D eigenvalue weighted by Crippen LogP contribution is -2.65. The molecule has 222 valence electrons. The molecule has 11 heteroatoms. The molecule has 3 fully saturated rings. The van der Waals surface area contributed by atoms with Gasteiger partial charge in [0.2, 0.25) is 17.7 Å². The Morgan fingerprint density at radius 2 is 1.70 bits per heavy atom. The zero-order valence-electron chi connectivity index (χ0n) is 24.1. The summed E-state index contributed by atoms with van der Waals surface area (Å²) in [5.41, 5.74) is -0.448. The molecule has 2 atom stereocenters. The highest BCUT2D eigenvalue weighted by Gasteiger charge is 2.43. The third kappa shape index (κ3) is 7.54. The highest BCUT2D eigenvalue weighted by molar-refractivity contribution is 7.09. The van der Waals surface area contributed by atoms with Gasteiger partial charge in [-0.25, -0.2) is 4.79 Å². The van der Waals surface area contributed by atoms with Crippen LogP contribution in [0.15, 0.2) is 17.5 Å². The van der Waals surface area contributed by atoms with Crippen molar-refractivity contribution in [2.24, 2.45) is 11.3 Å². The van der Waals surface area contributed by atoms with Gasteiger partial charge in [0.05, 0.1) is 19.1 Å². The van der Waals surface area contributed by atoms with Crippen molar-refractivity contribution in [3.63, 3.8) is 0 Å². The van der Waals surface area contributed by atoms with Gasteiger partial charge in [-0.05, 0) is 43.0 Å². The topological polar surface area (TPSA) is 122 Å². The van der Waals surface area contributed by atoms with Crippen LogP contribution in [0.25, 0.3) is 0 Å². The summed E-state index contributed by atoms with van der Waals surface area (Å²) < 4.78 is 0. The molecule has 0 spiro atoms. The van der Waals surface area contributed by atoms with Crippen LogP contribution in [0.1, 0.15) is 70.6 Å². The van der Waals surface area contributed by atoms with Gasteiger partial charge in [-0.2, -0.15) is 0 Å². The van der Waals surface area contributed by atoms with Crippen LogP contribution < -0.4 is 10.6 Å². The summed E-state index contributed by atoms with van der Waals surface area (Å²) in [4.78, 5) is 58.1. The van der Waals surface area contributed by atoms with Crippen molar-refractivity contribution in [2.75, 3.05) is 32.7 Å². The number of amides is 4. The second-order valence-electron chi connectivity index (χ2n) is 12.4. The third-order valence-corrected chi connectivity index (χ3v) is 9.36. The largest absolute Gasteiger partial charge is 0.465 e. The Bertz CT molecular complexity index is 1030. The number of piperidine rings is 1. The first-order valence-electron chi connectivity index (χ1n) is 14.7. The van der Waals surface area contributed by atoms with Gasteiger partial charge in [-0.15, -0.1) is 11.3 Å². The number of carbonyl (C=O) groups excluding carboxylic acids is 3. The quantitative estimate of drug-likeness (QED) is 0.459. The minimum absolute atomic E-state index is 0.0331. The Balaban J connectivity index is 1.51. The summed E-state index contributed by atoms with van der Waals surface area (Å²) >= 11 is 1.53. The Morgan fingerprint density at radius 1 is 1.00 bits per heavy atom. The molecule has 0 bridgehead atoms. The zero-order valence-corrected chi connectivity index (χ0v) is 24.9. The fourth-order valence-electron chi connectivity index (χ4n) is 6.17. The van der Waals surface area contributed by atoms with Gasteiger partial charge >= 0.3 is 6.09 Å². The molecule has 10 nitrogen and oxygen atoms in total. The van der Waals surface area contributed by atoms with Crippen LogP contribution in [0, 0.1) is 11.3 Å². The maximum atomic E-state index is 14.3. The lowest BCUT2D eigenvalue weighted by molar-refractivity contribution is -0.147. The van der Waals surface area contributed by atoms with Gasteiger partial charge in [-0.1, -0.05) is 46.1 Å². The number of thiophene rings is 1. The van der Waals surface area contributed by atoms with Crippen molar-refractivity contribution < 1.29 is 24.3 Å². The van der Waals surface area contributed by atoms with Gasteiger partial charge in [0, 0.05) is 42.5 Å².